The first kappa shape index (κ1) is 12.8. The van der Waals surface area contributed by atoms with E-state index in [-0.39, 0.29) is 6.61 Å². The number of nitrogens with zero attached hydrogens (tertiary/aromatic N) is 2. The van der Waals surface area contributed by atoms with Gasteiger partial charge in [-0.2, -0.15) is 5.10 Å². The molecule has 0 saturated heterocycles. The van der Waals surface area contributed by atoms with Crippen LogP contribution in [0, 0.1) is 0 Å². The molecule has 1 heterocycles. The Morgan fingerprint density at radius 3 is 2.72 bits per heavy atom. The van der Waals surface area contributed by atoms with E-state index in [4.69, 9.17) is 5.11 Å². The predicted octanol–water partition coefficient (Wildman–Crippen LogP) is 1.73. The monoisotopic (exact) mass is 245 g/mol. The molecule has 0 atom stereocenters. The van der Waals surface area contributed by atoms with Gasteiger partial charge in [0, 0.05) is 19.3 Å². The molecule has 4 heteroatoms. The van der Waals surface area contributed by atoms with E-state index in [9.17, 15) is 0 Å². The molecule has 2 aromatic rings. The lowest BCUT2D eigenvalue weighted by molar-refractivity contribution is 0.283. The van der Waals surface area contributed by atoms with Crippen LogP contribution < -0.4 is 5.32 Å². The highest BCUT2D eigenvalue weighted by Crippen LogP contribution is 2.06. The number of aliphatic hydroxyl groups is 1. The van der Waals surface area contributed by atoms with Crippen LogP contribution in [0.4, 0.5) is 0 Å². The number of nitrogens with one attached hydrogen (secondary N) is 1. The lowest BCUT2D eigenvalue weighted by Crippen LogP contribution is -2.15. The summed E-state index contributed by atoms with van der Waals surface area (Å²) in [4.78, 5) is 0. The minimum Gasteiger partial charge on any atom is -0.396 e. The fourth-order valence-corrected chi connectivity index (χ4v) is 1.76. The van der Waals surface area contributed by atoms with Crippen LogP contribution in [-0.4, -0.2) is 28.0 Å². The van der Waals surface area contributed by atoms with Crippen LogP contribution in [-0.2, 0) is 6.54 Å². The summed E-state index contributed by atoms with van der Waals surface area (Å²) in [5.74, 6) is 0. The summed E-state index contributed by atoms with van der Waals surface area (Å²) >= 11 is 0. The number of benzene rings is 1. The van der Waals surface area contributed by atoms with Crippen LogP contribution in [0.5, 0.6) is 0 Å². The second-order valence-corrected chi connectivity index (χ2v) is 4.19. The molecule has 0 bridgehead atoms. The lowest BCUT2D eigenvalue weighted by atomic mass is 10.3. The smallest absolute Gasteiger partial charge is 0.0766 e. The average Bonchev–Trinajstić information content (AvgIpc) is 2.88. The summed E-state index contributed by atoms with van der Waals surface area (Å²) < 4.78 is 1.88. The molecule has 0 saturated carbocycles. The van der Waals surface area contributed by atoms with Crippen molar-refractivity contribution in [2.24, 2.45) is 0 Å². The van der Waals surface area contributed by atoms with Gasteiger partial charge >= 0.3 is 0 Å². The van der Waals surface area contributed by atoms with Crippen molar-refractivity contribution in [2.75, 3.05) is 13.2 Å². The van der Waals surface area contributed by atoms with Crippen molar-refractivity contribution in [3.05, 3.63) is 48.3 Å². The van der Waals surface area contributed by atoms with Gasteiger partial charge in [-0.3, -0.25) is 0 Å². The van der Waals surface area contributed by atoms with Gasteiger partial charge in [0.15, 0.2) is 0 Å². The van der Waals surface area contributed by atoms with E-state index < -0.39 is 0 Å². The molecule has 0 aliphatic rings. The van der Waals surface area contributed by atoms with E-state index in [1.807, 2.05) is 47.3 Å². The minimum absolute atomic E-state index is 0.268. The molecule has 18 heavy (non-hydrogen) atoms. The molecule has 1 aromatic heterocycles. The molecule has 0 aliphatic heterocycles. The van der Waals surface area contributed by atoms with Gasteiger partial charge in [-0.05, 0) is 37.6 Å². The number of para-hydroxylation sites is 1. The summed E-state index contributed by atoms with van der Waals surface area (Å²) in [7, 11) is 0. The second kappa shape index (κ2) is 6.93. The molecule has 0 spiro atoms. The van der Waals surface area contributed by atoms with Crippen LogP contribution in [0.3, 0.4) is 0 Å². The number of hydrogen-bond acceptors (Lipinski definition) is 3. The molecular weight excluding hydrogens is 226 g/mol. The van der Waals surface area contributed by atoms with Gasteiger partial charge in [-0.15, -0.1) is 0 Å². The Bertz CT molecular complexity index is 453. The molecule has 2 N–H and O–H groups in total. The van der Waals surface area contributed by atoms with Crippen LogP contribution in [0.2, 0.25) is 0 Å². The maximum atomic E-state index is 8.67. The molecule has 0 amide bonds. The number of aliphatic hydroxyl groups excluding tert-OH is 1. The first-order valence-electron chi connectivity index (χ1n) is 6.31. The van der Waals surface area contributed by atoms with Crippen molar-refractivity contribution in [3.8, 4) is 5.69 Å². The predicted molar refractivity (Wildman–Crippen MR) is 71.6 cm³/mol. The summed E-state index contributed by atoms with van der Waals surface area (Å²) in [5, 5.41) is 16.5. The summed E-state index contributed by atoms with van der Waals surface area (Å²) in [6.07, 6.45) is 3.82. The van der Waals surface area contributed by atoms with E-state index in [0.717, 1.165) is 37.3 Å². The molecular formula is C14H19N3O. The van der Waals surface area contributed by atoms with Crippen molar-refractivity contribution in [2.45, 2.75) is 19.4 Å². The molecule has 0 aliphatic carbocycles. The molecule has 1 aromatic carbocycles. The first-order valence-corrected chi connectivity index (χ1v) is 6.31. The lowest BCUT2D eigenvalue weighted by Gasteiger charge is -2.02. The quantitative estimate of drug-likeness (QED) is 0.730. The van der Waals surface area contributed by atoms with Gasteiger partial charge in [-0.25, -0.2) is 4.68 Å². The Hall–Kier alpha value is -1.65. The first-order chi connectivity index (χ1) is 8.90. The van der Waals surface area contributed by atoms with E-state index >= 15 is 0 Å². The highest BCUT2D eigenvalue weighted by Gasteiger charge is 2.00. The fourth-order valence-electron chi connectivity index (χ4n) is 1.76. The van der Waals surface area contributed by atoms with E-state index in [1.165, 1.54) is 0 Å². The molecule has 0 fully saturated rings. The van der Waals surface area contributed by atoms with Gasteiger partial charge < -0.3 is 10.4 Å². The Morgan fingerprint density at radius 1 is 1.11 bits per heavy atom. The standard InChI is InChI=1S/C14H19N3O/c18-11-5-4-9-15-12-13-8-10-17(16-13)14-6-2-1-3-7-14/h1-3,6-8,10,15,18H,4-5,9,11-12H2. The third-order valence-electron chi connectivity index (χ3n) is 2.73. The van der Waals surface area contributed by atoms with Gasteiger partial charge in [-0.1, -0.05) is 18.2 Å². The minimum atomic E-state index is 0.268. The summed E-state index contributed by atoms with van der Waals surface area (Å²) in [6, 6.07) is 12.1. The van der Waals surface area contributed by atoms with Crippen molar-refractivity contribution >= 4 is 0 Å². The van der Waals surface area contributed by atoms with Crippen molar-refractivity contribution in [3.63, 3.8) is 0 Å². The van der Waals surface area contributed by atoms with Crippen LogP contribution in [0.25, 0.3) is 5.69 Å². The highest BCUT2D eigenvalue weighted by molar-refractivity contribution is 5.30. The number of rotatable bonds is 7. The Morgan fingerprint density at radius 2 is 1.94 bits per heavy atom. The normalized spacial score (nSPS) is 10.7. The topological polar surface area (TPSA) is 50.1 Å². The summed E-state index contributed by atoms with van der Waals surface area (Å²) in [6.45, 7) is 1.95. The SMILES string of the molecule is OCCCCNCc1ccn(-c2ccccc2)n1. The second-order valence-electron chi connectivity index (χ2n) is 4.19. The third kappa shape index (κ3) is 3.68. The number of aromatic nitrogens is 2. The van der Waals surface area contributed by atoms with Gasteiger partial charge in [0.1, 0.15) is 0 Å². The fraction of sp³-hybridized carbons (Fsp3) is 0.357. The van der Waals surface area contributed by atoms with Gasteiger partial charge in [0.25, 0.3) is 0 Å². The molecule has 4 nitrogen and oxygen atoms in total. The Balaban J connectivity index is 1.83. The third-order valence-corrected chi connectivity index (χ3v) is 2.73. The highest BCUT2D eigenvalue weighted by atomic mass is 16.2. The molecule has 2 rings (SSSR count). The molecule has 0 radical (unpaired) electrons. The number of hydrogen-bond donors (Lipinski definition) is 2. The molecule has 96 valence electrons. The van der Waals surface area contributed by atoms with Crippen molar-refractivity contribution < 1.29 is 5.11 Å². The van der Waals surface area contributed by atoms with E-state index in [0.29, 0.717) is 0 Å². The van der Waals surface area contributed by atoms with Crippen LogP contribution in [0.15, 0.2) is 42.6 Å². The van der Waals surface area contributed by atoms with E-state index in [1.54, 1.807) is 0 Å². The maximum absolute atomic E-state index is 8.67. The number of unbranched alkanes of at least 4 members (excludes halogenated alkanes) is 1. The van der Waals surface area contributed by atoms with Crippen molar-refractivity contribution in [1.82, 2.24) is 15.1 Å². The van der Waals surface area contributed by atoms with E-state index in [2.05, 4.69) is 10.4 Å². The Kier molecular flexibility index (Phi) is 4.93. The van der Waals surface area contributed by atoms with Gasteiger partial charge in [0.05, 0.1) is 11.4 Å². The van der Waals surface area contributed by atoms with Crippen LogP contribution >= 0.6 is 0 Å². The zero-order chi connectivity index (χ0) is 12.6. The average molecular weight is 245 g/mol. The van der Waals surface area contributed by atoms with Crippen molar-refractivity contribution in [1.29, 1.82) is 0 Å². The summed E-state index contributed by atoms with van der Waals surface area (Å²) in [5.41, 5.74) is 2.10. The van der Waals surface area contributed by atoms with Crippen LogP contribution in [0.1, 0.15) is 18.5 Å². The zero-order valence-electron chi connectivity index (χ0n) is 10.4. The zero-order valence-corrected chi connectivity index (χ0v) is 10.4. The largest absolute Gasteiger partial charge is 0.396 e. The molecule has 0 unspecified atom stereocenters. The maximum Gasteiger partial charge on any atom is 0.0766 e. The van der Waals surface area contributed by atoms with Gasteiger partial charge in [0.2, 0.25) is 0 Å². The Labute approximate surface area is 107 Å².